The molecule has 1 rings (SSSR count). The Bertz CT molecular complexity index is 354. The topological polar surface area (TPSA) is 79.2 Å². The molecule has 2 amide bonds. The Hall–Kier alpha value is -1.56. The maximum atomic E-state index is 11.5. The van der Waals surface area contributed by atoms with E-state index in [-0.39, 0.29) is 6.03 Å². The SMILES string of the molecule is CCCC(O)CNC(=O)NCC(C)Cn1cccn1. The van der Waals surface area contributed by atoms with Crippen molar-refractivity contribution in [1.82, 2.24) is 20.4 Å². The van der Waals surface area contributed by atoms with Gasteiger partial charge in [0.1, 0.15) is 0 Å². The van der Waals surface area contributed by atoms with Crippen LogP contribution in [0.3, 0.4) is 0 Å². The summed E-state index contributed by atoms with van der Waals surface area (Å²) in [4.78, 5) is 11.5. The van der Waals surface area contributed by atoms with E-state index in [0.29, 0.717) is 25.4 Å². The molecule has 0 radical (unpaired) electrons. The summed E-state index contributed by atoms with van der Waals surface area (Å²) in [6.07, 6.45) is 4.79. The van der Waals surface area contributed by atoms with Gasteiger partial charge < -0.3 is 15.7 Å². The van der Waals surface area contributed by atoms with Crippen molar-refractivity contribution < 1.29 is 9.90 Å². The predicted molar refractivity (Wildman–Crippen MR) is 73.7 cm³/mol. The predicted octanol–water partition coefficient (Wildman–Crippen LogP) is 0.979. The molecule has 6 heteroatoms. The van der Waals surface area contributed by atoms with Gasteiger partial charge in [-0.15, -0.1) is 0 Å². The van der Waals surface area contributed by atoms with Gasteiger partial charge in [0.05, 0.1) is 6.10 Å². The molecule has 0 saturated heterocycles. The first-order valence-corrected chi connectivity index (χ1v) is 6.79. The van der Waals surface area contributed by atoms with Crippen LogP contribution in [-0.4, -0.2) is 40.1 Å². The largest absolute Gasteiger partial charge is 0.391 e. The fraction of sp³-hybridized carbons (Fsp3) is 0.692. The molecule has 2 atom stereocenters. The van der Waals surface area contributed by atoms with Gasteiger partial charge in [0.25, 0.3) is 0 Å². The number of nitrogens with one attached hydrogen (secondary N) is 2. The summed E-state index contributed by atoms with van der Waals surface area (Å²) in [6.45, 7) is 5.70. The van der Waals surface area contributed by atoms with E-state index in [0.717, 1.165) is 13.0 Å². The van der Waals surface area contributed by atoms with E-state index in [1.165, 1.54) is 0 Å². The lowest BCUT2D eigenvalue weighted by Crippen LogP contribution is -2.41. The standard InChI is InChI=1S/C13H24N4O2/c1-3-5-12(18)9-15-13(19)14-8-11(2)10-17-7-4-6-16-17/h4,6-7,11-12,18H,3,5,8-10H2,1-2H3,(H2,14,15,19). The number of aliphatic hydroxyl groups is 1. The summed E-state index contributed by atoms with van der Waals surface area (Å²) >= 11 is 0. The highest BCUT2D eigenvalue weighted by Crippen LogP contribution is 1.98. The third-order valence-electron chi connectivity index (χ3n) is 2.79. The molecule has 1 aromatic heterocycles. The Balaban J connectivity index is 2.12. The smallest absolute Gasteiger partial charge is 0.314 e. The summed E-state index contributed by atoms with van der Waals surface area (Å²) in [6, 6.07) is 1.64. The van der Waals surface area contributed by atoms with Gasteiger partial charge in [-0.3, -0.25) is 4.68 Å². The minimum atomic E-state index is -0.461. The Morgan fingerprint density at radius 2 is 2.16 bits per heavy atom. The lowest BCUT2D eigenvalue weighted by Gasteiger charge is -2.15. The third kappa shape index (κ3) is 6.81. The second-order valence-corrected chi connectivity index (χ2v) is 4.87. The van der Waals surface area contributed by atoms with Crippen LogP contribution >= 0.6 is 0 Å². The molecule has 3 N–H and O–H groups in total. The van der Waals surface area contributed by atoms with E-state index in [9.17, 15) is 9.90 Å². The molecular formula is C13H24N4O2. The first-order valence-electron chi connectivity index (χ1n) is 6.79. The fourth-order valence-corrected chi connectivity index (χ4v) is 1.77. The average Bonchev–Trinajstić information content (AvgIpc) is 2.87. The Labute approximate surface area is 114 Å². The molecule has 0 saturated carbocycles. The van der Waals surface area contributed by atoms with Crippen molar-refractivity contribution >= 4 is 6.03 Å². The van der Waals surface area contributed by atoms with Gasteiger partial charge in [0.2, 0.25) is 0 Å². The molecular weight excluding hydrogens is 244 g/mol. The zero-order valence-corrected chi connectivity index (χ0v) is 11.7. The van der Waals surface area contributed by atoms with Crippen molar-refractivity contribution in [3.05, 3.63) is 18.5 Å². The van der Waals surface area contributed by atoms with Crippen molar-refractivity contribution in [2.45, 2.75) is 39.3 Å². The van der Waals surface area contributed by atoms with Crippen molar-refractivity contribution in [2.75, 3.05) is 13.1 Å². The second-order valence-electron chi connectivity index (χ2n) is 4.87. The molecule has 6 nitrogen and oxygen atoms in total. The molecule has 1 heterocycles. The van der Waals surface area contributed by atoms with E-state index >= 15 is 0 Å². The number of hydrogen-bond acceptors (Lipinski definition) is 3. The number of hydrogen-bond donors (Lipinski definition) is 3. The number of nitrogens with zero attached hydrogens (tertiary/aromatic N) is 2. The van der Waals surface area contributed by atoms with E-state index in [1.807, 2.05) is 30.8 Å². The minimum Gasteiger partial charge on any atom is -0.391 e. The van der Waals surface area contributed by atoms with E-state index in [4.69, 9.17) is 0 Å². The van der Waals surface area contributed by atoms with E-state index in [1.54, 1.807) is 6.20 Å². The fourth-order valence-electron chi connectivity index (χ4n) is 1.77. The zero-order valence-electron chi connectivity index (χ0n) is 11.7. The van der Waals surface area contributed by atoms with Crippen LogP contribution in [0.1, 0.15) is 26.7 Å². The molecule has 0 aliphatic carbocycles. The van der Waals surface area contributed by atoms with Gasteiger partial charge in [0.15, 0.2) is 0 Å². The van der Waals surface area contributed by atoms with Gasteiger partial charge in [-0.1, -0.05) is 20.3 Å². The summed E-state index contributed by atoms with van der Waals surface area (Å²) in [5, 5.41) is 19.1. The number of carbonyl (C=O) groups excluding carboxylic acids is 1. The molecule has 0 aromatic carbocycles. The first-order chi connectivity index (χ1) is 9.11. The molecule has 108 valence electrons. The van der Waals surface area contributed by atoms with Crippen molar-refractivity contribution in [3.8, 4) is 0 Å². The minimum absolute atomic E-state index is 0.234. The number of amides is 2. The lowest BCUT2D eigenvalue weighted by molar-refractivity contribution is 0.160. The normalized spacial score (nSPS) is 13.8. The highest BCUT2D eigenvalue weighted by molar-refractivity contribution is 5.73. The van der Waals surface area contributed by atoms with Crippen LogP contribution < -0.4 is 10.6 Å². The summed E-state index contributed by atoms with van der Waals surface area (Å²) in [7, 11) is 0. The summed E-state index contributed by atoms with van der Waals surface area (Å²) < 4.78 is 1.84. The maximum absolute atomic E-state index is 11.5. The molecule has 0 bridgehead atoms. The molecule has 19 heavy (non-hydrogen) atoms. The van der Waals surface area contributed by atoms with Crippen LogP contribution in [-0.2, 0) is 6.54 Å². The number of rotatable bonds is 8. The van der Waals surface area contributed by atoms with Gasteiger partial charge in [0, 0.05) is 32.0 Å². The van der Waals surface area contributed by atoms with Gasteiger partial charge in [-0.25, -0.2) is 4.79 Å². The Morgan fingerprint density at radius 3 is 2.79 bits per heavy atom. The maximum Gasteiger partial charge on any atom is 0.314 e. The van der Waals surface area contributed by atoms with Crippen molar-refractivity contribution in [1.29, 1.82) is 0 Å². The monoisotopic (exact) mass is 268 g/mol. The van der Waals surface area contributed by atoms with Gasteiger partial charge >= 0.3 is 6.03 Å². The van der Waals surface area contributed by atoms with Crippen LogP contribution in [0.5, 0.6) is 0 Å². The Kier molecular flexibility index (Phi) is 6.95. The van der Waals surface area contributed by atoms with Crippen LogP contribution in [0.2, 0.25) is 0 Å². The molecule has 2 unspecified atom stereocenters. The number of urea groups is 1. The highest BCUT2D eigenvalue weighted by atomic mass is 16.3. The number of aromatic nitrogens is 2. The third-order valence-corrected chi connectivity index (χ3v) is 2.79. The molecule has 0 fully saturated rings. The van der Waals surface area contributed by atoms with Crippen LogP contribution in [0.4, 0.5) is 4.79 Å². The summed E-state index contributed by atoms with van der Waals surface area (Å²) in [5.74, 6) is 0.297. The van der Waals surface area contributed by atoms with Crippen LogP contribution in [0.15, 0.2) is 18.5 Å². The highest BCUT2D eigenvalue weighted by Gasteiger charge is 2.08. The molecule has 0 aliphatic heterocycles. The van der Waals surface area contributed by atoms with Gasteiger partial charge in [-0.2, -0.15) is 5.10 Å². The second kappa shape index (κ2) is 8.53. The molecule has 0 aliphatic rings. The van der Waals surface area contributed by atoms with Crippen molar-refractivity contribution in [2.24, 2.45) is 5.92 Å². The van der Waals surface area contributed by atoms with E-state index in [2.05, 4.69) is 15.7 Å². The molecule has 1 aromatic rings. The average molecular weight is 268 g/mol. The summed E-state index contributed by atoms with van der Waals surface area (Å²) in [5.41, 5.74) is 0. The van der Waals surface area contributed by atoms with Gasteiger partial charge in [-0.05, 0) is 18.4 Å². The Morgan fingerprint density at radius 1 is 1.42 bits per heavy atom. The van der Waals surface area contributed by atoms with E-state index < -0.39 is 6.10 Å². The quantitative estimate of drug-likeness (QED) is 0.657. The number of aliphatic hydroxyl groups excluding tert-OH is 1. The zero-order chi connectivity index (χ0) is 14.1. The first kappa shape index (κ1) is 15.5. The lowest BCUT2D eigenvalue weighted by atomic mass is 10.2. The van der Waals surface area contributed by atoms with Crippen molar-refractivity contribution in [3.63, 3.8) is 0 Å². The van der Waals surface area contributed by atoms with Crippen LogP contribution in [0, 0.1) is 5.92 Å². The van der Waals surface area contributed by atoms with Crippen LogP contribution in [0.25, 0.3) is 0 Å². The molecule has 0 spiro atoms. The number of carbonyl (C=O) groups is 1.